The Balaban J connectivity index is 0.00000324. The third-order valence-corrected chi connectivity index (χ3v) is 4.00. The molecule has 0 aromatic carbocycles. The summed E-state index contributed by atoms with van der Waals surface area (Å²) in [5.41, 5.74) is 0. The molecule has 1 unspecified atom stereocenters. The molecule has 1 atom stereocenters. The number of nitrogens with zero attached hydrogens (tertiary/aromatic N) is 1. The molecule has 0 aliphatic heterocycles. The predicted octanol–water partition coefficient (Wildman–Crippen LogP) is 3.82. The van der Waals surface area contributed by atoms with Gasteiger partial charge in [0.25, 0.3) is 0 Å². The fraction of sp³-hybridized carbons (Fsp3) is 0.643. The van der Waals surface area contributed by atoms with Gasteiger partial charge in [0.15, 0.2) is 5.96 Å². The van der Waals surface area contributed by atoms with Crippen molar-refractivity contribution in [3.05, 3.63) is 22.4 Å². The normalized spacial score (nSPS) is 12.7. The average Bonchev–Trinajstić information content (AvgIpc) is 2.91. The van der Waals surface area contributed by atoms with E-state index >= 15 is 0 Å². The zero-order chi connectivity index (χ0) is 13.2. The van der Waals surface area contributed by atoms with Crippen LogP contribution in [0.15, 0.2) is 22.5 Å². The summed E-state index contributed by atoms with van der Waals surface area (Å²) in [5.74, 6) is 1.44. The first-order chi connectivity index (χ1) is 8.77. The van der Waals surface area contributed by atoms with Gasteiger partial charge in [-0.3, -0.25) is 4.99 Å². The van der Waals surface area contributed by atoms with Gasteiger partial charge < -0.3 is 10.6 Å². The highest BCUT2D eigenvalue weighted by Gasteiger charge is 2.06. The smallest absolute Gasteiger partial charge is 0.190 e. The van der Waals surface area contributed by atoms with Crippen LogP contribution in [0, 0.1) is 0 Å². The maximum absolute atomic E-state index is 4.24. The fourth-order valence-electron chi connectivity index (χ4n) is 1.72. The van der Waals surface area contributed by atoms with Crippen molar-refractivity contribution in [1.82, 2.24) is 10.6 Å². The van der Waals surface area contributed by atoms with E-state index in [1.165, 1.54) is 24.1 Å². The highest BCUT2D eigenvalue weighted by molar-refractivity contribution is 14.0. The lowest BCUT2D eigenvalue weighted by Crippen LogP contribution is -2.39. The molecule has 0 fully saturated rings. The van der Waals surface area contributed by atoms with Crippen LogP contribution in [0.1, 0.15) is 43.9 Å². The van der Waals surface area contributed by atoms with Crippen LogP contribution in [-0.2, 0) is 0 Å². The van der Waals surface area contributed by atoms with Gasteiger partial charge in [-0.1, -0.05) is 32.8 Å². The molecule has 110 valence electrons. The van der Waals surface area contributed by atoms with E-state index in [0.29, 0.717) is 5.92 Å². The van der Waals surface area contributed by atoms with Crippen LogP contribution in [0.3, 0.4) is 0 Å². The van der Waals surface area contributed by atoms with Gasteiger partial charge in [-0.15, -0.1) is 35.3 Å². The van der Waals surface area contributed by atoms with Crippen molar-refractivity contribution in [2.24, 2.45) is 4.99 Å². The topological polar surface area (TPSA) is 36.4 Å². The number of rotatable bonds is 7. The molecule has 1 aromatic rings. The molecule has 0 radical (unpaired) electrons. The molecular weight excluding hydrogens is 369 g/mol. The van der Waals surface area contributed by atoms with E-state index in [2.05, 4.69) is 47.0 Å². The summed E-state index contributed by atoms with van der Waals surface area (Å²) < 4.78 is 0. The minimum Gasteiger partial charge on any atom is -0.356 e. The Morgan fingerprint density at radius 3 is 2.74 bits per heavy atom. The lowest BCUT2D eigenvalue weighted by molar-refractivity contribution is 0.668. The zero-order valence-electron chi connectivity index (χ0n) is 12.1. The summed E-state index contributed by atoms with van der Waals surface area (Å²) in [7, 11) is 1.82. The fourth-order valence-corrected chi connectivity index (χ4v) is 2.51. The molecule has 0 bridgehead atoms. The third kappa shape index (κ3) is 7.77. The SMILES string of the molecule is CCCCCNC(=NC)NCC(C)c1cccs1.I. The summed E-state index contributed by atoms with van der Waals surface area (Å²) in [6.07, 6.45) is 3.73. The van der Waals surface area contributed by atoms with Gasteiger partial charge >= 0.3 is 0 Å². The number of hydrogen-bond donors (Lipinski definition) is 2. The van der Waals surface area contributed by atoms with Crippen molar-refractivity contribution in [2.75, 3.05) is 20.1 Å². The van der Waals surface area contributed by atoms with Crippen LogP contribution in [0.2, 0.25) is 0 Å². The lowest BCUT2D eigenvalue weighted by Gasteiger charge is -2.15. The molecular formula is C14H26IN3S. The number of unbranched alkanes of at least 4 members (excludes halogenated alkanes) is 2. The van der Waals surface area contributed by atoms with Crippen molar-refractivity contribution in [3.63, 3.8) is 0 Å². The highest BCUT2D eigenvalue weighted by Crippen LogP contribution is 2.19. The van der Waals surface area contributed by atoms with Crippen LogP contribution >= 0.6 is 35.3 Å². The summed E-state index contributed by atoms with van der Waals surface area (Å²) in [5, 5.41) is 8.86. The molecule has 5 heteroatoms. The summed E-state index contributed by atoms with van der Waals surface area (Å²) >= 11 is 1.81. The molecule has 2 N–H and O–H groups in total. The number of guanidine groups is 1. The van der Waals surface area contributed by atoms with Crippen molar-refractivity contribution in [3.8, 4) is 0 Å². The largest absolute Gasteiger partial charge is 0.356 e. The molecule has 0 amide bonds. The minimum atomic E-state index is 0. The number of aliphatic imine (C=N–C) groups is 1. The molecule has 0 aliphatic rings. The van der Waals surface area contributed by atoms with Gasteiger partial charge in [0.1, 0.15) is 0 Å². The second-order valence-corrected chi connectivity index (χ2v) is 5.48. The quantitative estimate of drug-likeness (QED) is 0.319. The van der Waals surface area contributed by atoms with Gasteiger partial charge in [-0.05, 0) is 17.9 Å². The first kappa shape index (κ1) is 18.7. The van der Waals surface area contributed by atoms with E-state index in [1.807, 2.05) is 18.4 Å². The van der Waals surface area contributed by atoms with Gasteiger partial charge in [-0.2, -0.15) is 0 Å². The summed E-state index contributed by atoms with van der Waals surface area (Å²) in [6.45, 7) is 6.38. The van der Waals surface area contributed by atoms with Gasteiger partial charge in [0, 0.05) is 30.9 Å². The van der Waals surface area contributed by atoms with Crippen molar-refractivity contribution in [2.45, 2.75) is 39.0 Å². The summed E-state index contributed by atoms with van der Waals surface area (Å²) in [6, 6.07) is 4.29. The maximum atomic E-state index is 4.24. The van der Waals surface area contributed by atoms with Crippen molar-refractivity contribution in [1.29, 1.82) is 0 Å². The van der Waals surface area contributed by atoms with Crippen LogP contribution in [0.4, 0.5) is 0 Å². The van der Waals surface area contributed by atoms with E-state index in [4.69, 9.17) is 0 Å². The lowest BCUT2D eigenvalue weighted by atomic mass is 10.1. The van der Waals surface area contributed by atoms with E-state index in [0.717, 1.165) is 19.0 Å². The Hall–Kier alpha value is -0.300. The average molecular weight is 395 g/mol. The number of nitrogens with one attached hydrogen (secondary N) is 2. The molecule has 1 rings (SSSR count). The van der Waals surface area contributed by atoms with Gasteiger partial charge in [-0.25, -0.2) is 0 Å². The zero-order valence-corrected chi connectivity index (χ0v) is 15.3. The first-order valence-corrected chi connectivity index (χ1v) is 7.63. The highest BCUT2D eigenvalue weighted by atomic mass is 127. The van der Waals surface area contributed by atoms with E-state index < -0.39 is 0 Å². The Morgan fingerprint density at radius 1 is 1.37 bits per heavy atom. The molecule has 0 spiro atoms. The van der Waals surface area contributed by atoms with Gasteiger partial charge in [0.2, 0.25) is 0 Å². The molecule has 1 heterocycles. The second kappa shape index (κ2) is 11.5. The van der Waals surface area contributed by atoms with E-state index in [1.54, 1.807) is 0 Å². The first-order valence-electron chi connectivity index (χ1n) is 6.75. The minimum absolute atomic E-state index is 0. The van der Waals surface area contributed by atoms with Crippen LogP contribution in [0.25, 0.3) is 0 Å². The molecule has 19 heavy (non-hydrogen) atoms. The number of halogens is 1. The second-order valence-electron chi connectivity index (χ2n) is 4.50. The monoisotopic (exact) mass is 395 g/mol. The van der Waals surface area contributed by atoms with Crippen molar-refractivity contribution >= 4 is 41.3 Å². The van der Waals surface area contributed by atoms with Crippen LogP contribution in [0.5, 0.6) is 0 Å². The van der Waals surface area contributed by atoms with E-state index in [9.17, 15) is 0 Å². The standard InChI is InChI=1S/C14H25N3S.HI/c1-4-5-6-9-16-14(15-3)17-11-12(2)13-8-7-10-18-13;/h7-8,10,12H,4-6,9,11H2,1-3H3,(H2,15,16,17);1H. The molecule has 0 aliphatic carbocycles. The molecule has 0 saturated heterocycles. The van der Waals surface area contributed by atoms with E-state index in [-0.39, 0.29) is 24.0 Å². The summed E-state index contributed by atoms with van der Waals surface area (Å²) in [4.78, 5) is 5.66. The molecule has 3 nitrogen and oxygen atoms in total. The van der Waals surface area contributed by atoms with Crippen LogP contribution < -0.4 is 10.6 Å². The van der Waals surface area contributed by atoms with Crippen LogP contribution in [-0.4, -0.2) is 26.1 Å². The van der Waals surface area contributed by atoms with Crippen molar-refractivity contribution < 1.29 is 0 Å². The number of thiophene rings is 1. The predicted molar refractivity (Wildman–Crippen MR) is 97.0 cm³/mol. The Kier molecular flexibility index (Phi) is 11.3. The Morgan fingerprint density at radius 2 is 2.16 bits per heavy atom. The molecule has 0 saturated carbocycles. The number of hydrogen-bond acceptors (Lipinski definition) is 2. The Bertz CT molecular complexity index is 338. The maximum Gasteiger partial charge on any atom is 0.190 e. The van der Waals surface area contributed by atoms with Gasteiger partial charge in [0.05, 0.1) is 0 Å². The third-order valence-electron chi connectivity index (χ3n) is 2.90. The molecule has 1 aromatic heterocycles. The Labute approximate surface area is 138 Å².